The molecule has 1 amide bonds. The van der Waals surface area contributed by atoms with E-state index < -0.39 is 11.9 Å². The average molecular weight is 616 g/mol. The molecule has 3 aromatic heterocycles. The molecule has 2 aromatic carbocycles. The number of fused-ring (bicyclic) bond motifs is 2. The van der Waals surface area contributed by atoms with Gasteiger partial charge in [-0.3, -0.25) is 19.4 Å². The summed E-state index contributed by atoms with van der Waals surface area (Å²) in [7, 11) is 3.09. The summed E-state index contributed by atoms with van der Waals surface area (Å²) in [5.41, 5.74) is 3.51. The Bertz CT molecular complexity index is 1890. The zero-order chi connectivity index (χ0) is 31.3. The monoisotopic (exact) mass is 615 g/mol. The number of ether oxygens (including phenoxy) is 1. The summed E-state index contributed by atoms with van der Waals surface area (Å²) in [5, 5.41) is 4.54. The van der Waals surface area contributed by atoms with Crippen molar-refractivity contribution in [3.05, 3.63) is 89.4 Å². The average Bonchev–Trinajstić information content (AvgIpc) is 3.80. The molecule has 0 unspecified atom stereocenters. The van der Waals surface area contributed by atoms with Crippen molar-refractivity contribution in [2.24, 2.45) is 7.05 Å². The first-order chi connectivity index (χ1) is 21.7. The molecule has 5 aromatic rings. The summed E-state index contributed by atoms with van der Waals surface area (Å²) in [4.78, 5) is 27.3. The number of carbonyl (C=O) groups is 1. The lowest BCUT2D eigenvalue weighted by Gasteiger charge is -2.31. The molecule has 0 bridgehead atoms. The Labute approximate surface area is 257 Å². The van der Waals surface area contributed by atoms with Crippen LogP contribution in [0.2, 0.25) is 0 Å². The van der Waals surface area contributed by atoms with Crippen LogP contribution in [-0.2, 0) is 32.7 Å². The Morgan fingerprint density at radius 2 is 1.78 bits per heavy atom. The van der Waals surface area contributed by atoms with Crippen LogP contribution in [-0.4, -0.2) is 61.9 Å². The first-order valence-electron chi connectivity index (χ1n) is 14.9. The fourth-order valence-electron chi connectivity index (χ4n) is 6.65. The first kappa shape index (κ1) is 29.0. The van der Waals surface area contributed by atoms with E-state index in [1.54, 1.807) is 49.1 Å². The second-order valence-electron chi connectivity index (χ2n) is 11.7. The molecule has 5 heterocycles. The first-order valence-corrected chi connectivity index (χ1v) is 14.9. The molecule has 2 aliphatic heterocycles. The maximum absolute atomic E-state index is 14.4. The van der Waals surface area contributed by atoms with E-state index in [1.165, 1.54) is 17.9 Å². The number of carbonyl (C=O) groups excluding carboxylic acids is 1. The molecule has 1 saturated heterocycles. The van der Waals surface area contributed by atoms with E-state index >= 15 is 0 Å². The Morgan fingerprint density at radius 3 is 2.51 bits per heavy atom. The van der Waals surface area contributed by atoms with Gasteiger partial charge in [0.1, 0.15) is 5.75 Å². The Morgan fingerprint density at radius 1 is 0.978 bits per heavy atom. The molecule has 2 aliphatic rings. The van der Waals surface area contributed by atoms with E-state index in [-0.39, 0.29) is 11.5 Å². The van der Waals surface area contributed by atoms with Crippen LogP contribution in [0.3, 0.4) is 0 Å². The number of benzene rings is 2. The third-order valence-electron chi connectivity index (χ3n) is 8.68. The van der Waals surface area contributed by atoms with Gasteiger partial charge < -0.3 is 14.2 Å². The third-order valence-corrected chi connectivity index (χ3v) is 8.68. The minimum Gasteiger partial charge on any atom is -0.497 e. The van der Waals surface area contributed by atoms with Gasteiger partial charge in [-0.25, -0.2) is 4.98 Å². The van der Waals surface area contributed by atoms with Gasteiger partial charge in [-0.05, 0) is 84.9 Å². The Kier molecular flexibility index (Phi) is 7.31. The fourth-order valence-corrected chi connectivity index (χ4v) is 6.65. The highest BCUT2D eigenvalue weighted by atomic mass is 19.4. The van der Waals surface area contributed by atoms with E-state index in [0.717, 1.165) is 48.9 Å². The van der Waals surface area contributed by atoms with Crippen LogP contribution in [0, 0.1) is 0 Å². The van der Waals surface area contributed by atoms with Crippen molar-refractivity contribution in [2.75, 3.05) is 31.6 Å². The molecule has 12 heteroatoms. The lowest BCUT2D eigenvalue weighted by Crippen LogP contribution is -2.38. The molecule has 0 saturated carbocycles. The van der Waals surface area contributed by atoms with Gasteiger partial charge in [0.05, 0.1) is 24.6 Å². The molecule has 0 aliphatic carbocycles. The van der Waals surface area contributed by atoms with Crippen molar-refractivity contribution >= 4 is 22.5 Å². The molecule has 45 heavy (non-hydrogen) atoms. The van der Waals surface area contributed by atoms with E-state index in [4.69, 9.17) is 9.72 Å². The molecule has 0 atom stereocenters. The maximum atomic E-state index is 14.4. The predicted molar refractivity (Wildman–Crippen MR) is 163 cm³/mol. The van der Waals surface area contributed by atoms with E-state index in [0.29, 0.717) is 53.2 Å². The van der Waals surface area contributed by atoms with Crippen LogP contribution in [0.5, 0.6) is 5.75 Å². The van der Waals surface area contributed by atoms with Crippen LogP contribution in [0.1, 0.15) is 45.6 Å². The number of nitrogens with zero attached hydrogens (tertiary/aromatic N) is 7. The summed E-state index contributed by atoms with van der Waals surface area (Å²) in [6, 6.07) is 9.26. The van der Waals surface area contributed by atoms with Crippen molar-refractivity contribution in [3.63, 3.8) is 0 Å². The zero-order valence-corrected chi connectivity index (χ0v) is 25.0. The van der Waals surface area contributed by atoms with Gasteiger partial charge in [0, 0.05) is 68.0 Å². The number of aryl methyl sites for hydroxylation is 1. The van der Waals surface area contributed by atoms with Crippen LogP contribution < -0.4 is 9.64 Å². The molecule has 0 spiro atoms. The van der Waals surface area contributed by atoms with Gasteiger partial charge in [-0.1, -0.05) is 0 Å². The Hall–Kier alpha value is -4.71. The largest absolute Gasteiger partial charge is 0.497 e. The van der Waals surface area contributed by atoms with E-state index in [2.05, 4.69) is 15.0 Å². The van der Waals surface area contributed by atoms with Crippen LogP contribution in [0.4, 0.5) is 18.9 Å². The second-order valence-corrected chi connectivity index (χ2v) is 11.7. The summed E-state index contributed by atoms with van der Waals surface area (Å²) in [6.45, 7) is 3.41. The summed E-state index contributed by atoms with van der Waals surface area (Å²) >= 11 is 0. The van der Waals surface area contributed by atoms with Gasteiger partial charge >= 0.3 is 6.18 Å². The number of anilines is 1. The highest BCUT2D eigenvalue weighted by Crippen LogP contribution is 2.41. The summed E-state index contributed by atoms with van der Waals surface area (Å²) in [5.74, 6) is 0.399. The molecule has 232 valence electrons. The van der Waals surface area contributed by atoms with Crippen LogP contribution in [0.15, 0.2) is 61.4 Å². The van der Waals surface area contributed by atoms with E-state index in [1.807, 2.05) is 22.8 Å². The van der Waals surface area contributed by atoms with Crippen LogP contribution in [0.25, 0.3) is 22.0 Å². The second kappa shape index (κ2) is 11.3. The molecule has 0 N–H and O–H groups in total. The van der Waals surface area contributed by atoms with Crippen molar-refractivity contribution in [1.29, 1.82) is 0 Å². The van der Waals surface area contributed by atoms with Gasteiger partial charge in [0.15, 0.2) is 5.69 Å². The molecule has 9 nitrogen and oxygen atoms in total. The predicted octanol–water partition coefficient (Wildman–Crippen LogP) is 5.71. The zero-order valence-electron chi connectivity index (χ0n) is 25.0. The summed E-state index contributed by atoms with van der Waals surface area (Å²) in [6.07, 6.45) is 6.17. The van der Waals surface area contributed by atoms with E-state index in [9.17, 15) is 18.0 Å². The van der Waals surface area contributed by atoms with Crippen molar-refractivity contribution in [2.45, 2.75) is 38.5 Å². The number of alkyl halides is 3. The normalized spacial score (nSPS) is 15.7. The van der Waals surface area contributed by atoms with Gasteiger partial charge in [0.25, 0.3) is 5.91 Å². The number of hydrogen-bond donors (Lipinski definition) is 0. The standard InChI is InChI=1S/C33H32F3N7O2/c1-40-19-28(31(39-40)33(34,35)36)25-13-21(17-42-12-8-37-20-42)14-26-24(25)6-11-43(32(26)44)29-5-7-38-30-22(18-41-9-3-4-10-41)15-23(45-2)16-27(29)30/h5,7-8,12-16,19-20H,3-4,6,9-11,17-18H2,1-2H3. The quantitative estimate of drug-likeness (QED) is 0.234. The highest BCUT2D eigenvalue weighted by molar-refractivity contribution is 6.13. The number of rotatable bonds is 7. The minimum absolute atomic E-state index is 0.0411. The number of imidazole rings is 1. The lowest BCUT2D eigenvalue weighted by molar-refractivity contribution is -0.140. The minimum atomic E-state index is -4.66. The highest BCUT2D eigenvalue weighted by Gasteiger charge is 2.39. The van der Waals surface area contributed by atoms with Crippen molar-refractivity contribution in [1.82, 2.24) is 29.2 Å². The smallest absolute Gasteiger partial charge is 0.435 e. The van der Waals surface area contributed by atoms with Gasteiger partial charge in [-0.2, -0.15) is 18.3 Å². The number of halogens is 3. The molecule has 1 fully saturated rings. The maximum Gasteiger partial charge on any atom is 0.435 e. The number of methoxy groups -OCH3 is 1. The molecular formula is C33H32F3N7O2. The number of hydrogen-bond acceptors (Lipinski definition) is 6. The van der Waals surface area contributed by atoms with Crippen LogP contribution >= 0.6 is 0 Å². The van der Waals surface area contributed by atoms with Gasteiger partial charge in [0.2, 0.25) is 0 Å². The number of likely N-dealkylation sites (tertiary alicyclic amines) is 1. The summed E-state index contributed by atoms with van der Waals surface area (Å²) < 4.78 is 51.0. The molecular weight excluding hydrogens is 583 g/mol. The topological polar surface area (TPSA) is 81.3 Å². The molecule has 0 radical (unpaired) electrons. The number of pyridine rings is 1. The number of amides is 1. The lowest BCUT2D eigenvalue weighted by atomic mass is 9.87. The molecule has 7 rings (SSSR count). The Balaban J connectivity index is 1.35. The third kappa shape index (κ3) is 5.43. The number of aromatic nitrogens is 5. The van der Waals surface area contributed by atoms with Gasteiger partial charge in [-0.15, -0.1) is 0 Å². The van der Waals surface area contributed by atoms with Crippen molar-refractivity contribution < 1.29 is 22.7 Å². The SMILES string of the molecule is COc1cc(CN2CCCC2)c2nccc(N3CCc4c(cc(Cn5ccnc5)cc4-c4cn(C)nc4C(F)(F)F)C3=O)c2c1. The van der Waals surface area contributed by atoms with Crippen molar-refractivity contribution in [3.8, 4) is 16.9 Å². The fraction of sp³-hybridized carbons (Fsp3) is 0.333.